The molecule has 0 spiro atoms. The van der Waals surface area contributed by atoms with Crippen molar-refractivity contribution in [3.8, 4) is 0 Å². The van der Waals surface area contributed by atoms with Crippen molar-refractivity contribution in [2.24, 2.45) is 11.7 Å². The lowest BCUT2D eigenvalue weighted by molar-refractivity contribution is -0.142. The van der Waals surface area contributed by atoms with E-state index in [1.54, 1.807) is 0 Å². The molecular weight excluding hydrogens is 382 g/mol. The summed E-state index contributed by atoms with van der Waals surface area (Å²) in [6.07, 6.45) is 1.52. The summed E-state index contributed by atoms with van der Waals surface area (Å²) in [6.45, 7) is 4.03. The summed E-state index contributed by atoms with van der Waals surface area (Å²) in [4.78, 5) is 59.0. The molecule has 29 heavy (non-hydrogen) atoms. The third-order valence-corrected chi connectivity index (χ3v) is 4.45. The molecular formula is C18H31N5O6. The van der Waals surface area contributed by atoms with E-state index in [2.05, 4.69) is 21.3 Å². The monoisotopic (exact) mass is 413 g/mol. The van der Waals surface area contributed by atoms with E-state index in [0.717, 1.165) is 13.0 Å². The topological polar surface area (TPSA) is 180 Å². The molecule has 0 saturated carbocycles. The normalized spacial score (nSPS) is 18.0. The Bertz CT molecular complexity index is 618. The van der Waals surface area contributed by atoms with E-state index in [4.69, 9.17) is 5.73 Å². The molecule has 1 saturated heterocycles. The first-order valence-corrected chi connectivity index (χ1v) is 9.72. The van der Waals surface area contributed by atoms with Crippen LogP contribution in [0.15, 0.2) is 0 Å². The minimum Gasteiger partial charge on any atom is -0.480 e. The first kappa shape index (κ1) is 24.3. The molecule has 1 heterocycles. The Morgan fingerprint density at radius 1 is 1.14 bits per heavy atom. The van der Waals surface area contributed by atoms with Gasteiger partial charge in [-0.1, -0.05) is 13.8 Å². The van der Waals surface area contributed by atoms with Crippen LogP contribution in [0, 0.1) is 5.92 Å². The maximum Gasteiger partial charge on any atom is 0.326 e. The van der Waals surface area contributed by atoms with Crippen LogP contribution < -0.4 is 27.0 Å². The fourth-order valence-corrected chi connectivity index (χ4v) is 2.96. The molecule has 1 fully saturated rings. The largest absolute Gasteiger partial charge is 0.480 e. The lowest BCUT2D eigenvalue weighted by Crippen LogP contribution is -2.54. The highest BCUT2D eigenvalue weighted by molar-refractivity contribution is 5.92. The van der Waals surface area contributed by atoms with Crippen LogP contribution in [-0.2, 0) is 24.0 Å². The summed E-state index contributed by atoms with van der Waals surface area (Å²) >= 11 is 0. The van der Waals surface area contributed by atoms with E-state index in [0.29, 0.717) is 6.42 Å². The van der Waals surface area contributed by atoms with Crippen molar-refractivity contribution >= 4 is 29.6 Å². The molecule has 3 atom stereocenters. The Kier molecular flexibility index (Phi) is 10.1. The Labute approximate surface area is 169 Å². The van der Waals surface area contributed by atoms with E-state index in [-0.39, 0.29) is 43.7 Å². The minimum absolute atomic E-state index is 0.0227. The Balaban J connectivity index is 2.65. The second-order valence-electron chi connectivity index (χ2n) is 7.52. The van der Waals surface area contributed by atoms with Crippen LogP contribution in [0.5, 0.6) is 0 Å². The molecule has 3 unspecified atom stereocenters. The summed E-state index contributed by atoms with van der Waals surface area (Å²) in [5.74, 6) is -3.49. The molecule has 0 aromatic rings. The second-order valence-corrected chi connectivity index (χ2v) is 7.52. The van der Waals surface area contributed by atoms with Gasteiger partial charge in [-0.2, -0.15) is 0 Å². The van der Waals surface area contributed by atoms with Crippen molar-refractivity contribution in [1.82, 2.24) is 21.3 Å². The zero-order chi connectivity index (χ0) is 22.0. The molecule has 0 aromatic heterocycles. The number of carboxylic acids is 1. The lowest BCUT2D eigenvalue weighted by Gasteiger charge is -2.22. The van der Waals surface area contributed by atoms with Gasteiger partial charge in [0, 0.05) is 6.42 Å². The van der Waals surface area contributed by atoms with Crippen molar-refractivity contribution < 1.29 is 29.1 Å². The Morgan fingerprint density at radius 2 is 1.83 bits per heavy atom. The van der Waals surface area contributed by atoms with Crippen LogP contribution >= 0.6 is 0 Å². The molecule has 0 radical (unpaired) electrons. The van der Waals surface area contributed by atoms with Gasteiger partial charge in [-0.15, -0.1) is 0 Å². The van der Waals surface area contributed by atoms with E-state index in [1.807, 2.05) is 13.8 Å². The molecule has 0 aliphatic carbocycles. The van der Waals surface area contributed by atoms with E-state index in [1.165, 1.54) is 0 Å². The number of hydrogen-bond donors (Lipinski definition) is 6. The zero-order valence-electron chi connectivity index (χ0n) is 16.8. The molecule has 0 aromatic carbocycles. The van der Waals surface area contributed by atoms with Crippen molar-refractivity contribution in [2.75, 3.05) is 13.1 Å². The molecule has 1 rings (SSSR count). The maximum atomic E-state index is 12.5. The molecule has 164 valence electrons. The maximum absolute atomic E-state index is 12.5. The number of hydrogen-bond acceptors (Lipinski definition) is 6. The van der Waals surface area contributed by atoms with Crippen molar-refractivity contribution in [2.45, 2.75) is 64.1 Å². The van der Waals surface area contributed by atoms with Gasteiger partial charge in [0.1, 0.15) is 12.1 Å². The molecule has 1 aliphatic heterocycles. The second kappa shape index (κ2) is 12.0. The van der Waals surface area contributed by atoms with Gasteiger partial charge in [-0.05, 0) is 38.1 Å². The number of carboxylic acid groups (broad SMARTS) is 1. The average molecular weight is 413 g/mol. The highest BCUT2D eigenvalue weighted by atomic mass is 16.4. The fourth-order valence-electron chi connectivity index (χ4n) is 2.96. The zero-order valence-corrected chi connectivity index (χ0v) is 16.8. The summed E-state index contributed by atoms with van der Waals surface area (Å²) in [5.41, 5.74) is 5.11. The SMILES string of the molecule is CC(C)CC(NC(=O)C(CCC(N)=O)NC(=O)CNC(=O)C1CCCN1)C(=O)O. The van der Waals surface area contributed by atoms with Gasteiger partial charge in [0.15, 0.2) is 0 Å². The van der Waals surface area contributed by atoms with Crippen molar-refractivity contribution in [3.05, 3.63) is 0 Å². The first-order valence-electron chi connectivity index (χ1n) is 9.72. The summed E-state index contributed by atoms with van der Waals surface area (Å²) in [7, 11) is 0. The predicted molar refractivity (Wildman–Crippen MR) is 103 cm³/mol. The lowest BCUT2D eigenvalue weighted by atomic mass is 10.0. The van der Waals surface area contributed by atoms with Gasteiger partial charge in [-0.3, -0.25) is 19.2 Å². The third-order valence-electron chi connectivity index (χ3n) is 4.45. The standard InChI is InChI=1S/C18H31N5O6/c1-10(2)8-13(18(28)29)23-17(27)12(5-6-14(19)24)22-15(25)9-21-16(26)11-4-3-7-20-11/h10-13,20H,3-9H2,1-2H3,(H2,19,24)(H,21,26)(H,22,25)(H,23,27)(H,28,29). The van der Waals surface area contributed by atoms with Gasteiger partial charge in [0.2, 0.25) is 23.6 Å². The van der Waals surface area contributed by atoms with Crippen LogP contribution in [0.3, 0.4) is 0 Å². The number of amides is 4. The fraction of sp³-hybridized carbons (Fsp3) is 0.722. The highest BCUT2D eigenvalue weighted by Gasteiger charge is 2.28. The van der Waals surface area contributed by atoms with Crippen LogP contribution in [-0.4, -0.2) is 65.9 Å². The van der Waals surface area contributed by atoms with Gasteiger partial charge >= 0.3 is 5.97 Å². The average Bonchev–Trinajstić information content (AvgIpc) is 3.16. The predicted octanol–water partition coefficient (Wildman–Crippen LogP) is -1.78. The van der Waals surface area contributed by atoms with Crippen LogP contribution in [0.2, 0.25) is 0 Å². The summed E-state index contributed by atoms with van der Waals surface area (Å²) < 4.78 is 0. The number of nitrogens with one attached hydrogen (secondary N) is 4. The van der Waals surface area contributed by atoms with Crippen molar-refractivity contribution in [1.29, 1.82) is 0 Å². The highest BCUT2D eigenvalue weighted by Crippen LogP contribution is 2.07. The molecule has 7 N–H and O–H groups in total. The smallest absolute Gasteiger partial charge is 0.326 e. The van der Waals surface area contributed by atoms with E-state index in [9.17, 15) is 29.1 Å². The first-order chi connectivity index (χ1) is 13.6. The van der Waals surface area contributed by atoms with E-state index >= 15 is 0 Å². The number of aliphatic carboxylic acids is 1. The van der Waals surface area contributed by atoms with Gasteiger partial charge in [-0.25, -0.2) is 4.79 Å². The molecule has 0 bridgehead atoms. The number of primary amides is 1. The number of rotatable bonds is 12. The van der Waals surface area contributed by atoms with Gasteiger partial charge < -0.3 is 32.1 Å². The summed E-state index contributed by atoms with van der Waals surface area (Å²) in [5, 5.41) is 19.6. The number of carbonyl (C=O) groups is 5. The molecule has 4 amide bonds. The van der Waals surface area contributed by atoms with Gasteiger partial charge in [0.25, 0.3) is 0 Å². The van der Waals surface area contributed by atoms with Crippen LogP contribution in [0.4, 0.5) is 0 Å². The van der Waals surface area contributed by atoms with Crippen LogP contribution in [0.25, 0.3) is 0 Å². The third kappa shape index (κ3) is 9.37. The quantitative estimate of drug-likeness (QED) is 0.219. The Morgan fingerprint density at radius 3 is 2.34 bits per heavy atom. The molecule has 11 nitrogen and oxygen atoms in total. The summed E-state index contributed by atoms with van der Waals surface area (Å²) in [6, 6.07) is -2.61. The number of nitrogens with two attached hydrogens (primary N) is 1. The van der Waals surface area contributed by atoms with Crippen LogP contribution in [0.1, 0.15) is 46.0 Å². The van der Waals surface area contributed by atoms with E-state index < -0.39 is 35.8 Å². The number of carbonyl (C=O) groups excluding carboxylic acids is 4. The van der Waals surface area contributed by atoms with Gasteiger partial charge in [0.05, 0.1) is 12.6 Å². The Hall–Kier alpha value is -2.69. The molecule has 11 heteroatoms. The minimum atomic E-state index is -1.19. The molecule has 1 aliphatic rings. The van der Waals surface area contributed by atoms with Crippen molar-refractivity contribution in [3.63, 3.8) is 0 Å².